The Morgan fingerprint density at radius 1 is 1.00 bits per heavy atom. The van der Waals surface area contributed by atoms with Gasteiger partial charge in [0.25, 0.3) is 0 Å². The zero-order valence-electron chi connectivity index (χ0n) is 18.7. The van der Waals surface area contributed by atoms with Gasteiger partial charge in [0.05, 0.1) is 6.20 Å². The average molecular weight is 435 g/mol. The molecule has 0 spiro atoms. The molecule has 2 aliphatic rings. The van der Waals surface area contributed by atoms with E-state index in [0.717, 1.165) is 55.1 Å². The summed E-state index contributed by atoms with van der Waals surface area (Å²) in [6, 6.07) is 8.60. The standard InChI is InChI=1S/C25H31FN6/c1-30-17-23(16-28-30)20-5-6-21-15-27-25(14-22(21)13-20)29-24(19-3-2-4-19)18-32-11-9-31(8-7-26)10-12-32/h5-6,13-17H,2-4,7-12,18H2,1H3,(H,27,29). The lowest BCUT2D eigenvalue weighted by Crippen LogP contribution is -2.47. The van der Waals surface area contributed by atoms with Crippen molar-refractivity contribution in [3.05, 3.63) is 54.1 Å². The molecule has 6 nitrogen and oxygen atoms in total. The summed E-state index contributed by atoms with van der Waals surface area (Å²) in [5.74, 6) is 0.895. The third-order valence-electron chi connectivity index (χ3n) is 6.67. The van der Waals surface area contributed by atoms with Gasteiger partial charge in [-0.1, -0.05) is 12.1 Å². The number of alkyl halides is 1. The highest BCUT2D eigenvalue weighted by Gasteiger charge is 2.21. The van der Waals surface area contributed by atoms with Gasteiger partial charge in [0.2, 0.25) is 0 Å². The number of rotatable bonds is 7. The Morgan fingerprint density at radius 2 is 1.81 bits per heavy atom. The minimum absolute atomic E-state index is 0.257. The molecule has 5 rings (SSSR count). The summed E-state index contributed by atoms with van der Waals surface area (Å²) >= 11 is 0. The summed E-state index contributed by atoms with van der Waals surface area (Å²) < 4.78 is 14.5. The van der Waals surface area contributed by atoms with Gasteiger partial charge in [-0.3, -0.25) is 14.5 Å². The van der Waals surface area contributed by atoms with E-state index in [1.807, 2.05) is 30.3 Å². The number of aryl methyl sites for hydroxylation is 1. The summed E-state index contributed by atoms with van der Waals surface area (Å²) in [5, 5.41) is 10.3. The largest absolute Gasteiger partial charge is 0.343 e. The molecule has 1 aromatic carbocycles. The number of hydrogen-bond donors (Lipinski definition) is 1. The molecule has 2 aromatic heterocycles. The number of nitrogens with one attached hydrogen (secondary N) is 1. The highest BCUT2D eigenvalue weighted by molar-refractivity contribution is 5.88. The highest BCUT2D eigenvalue weighted by Crippen LogP contribution is 2.31. The number of hydrogen-bond acceptors (Lipinski definition) is 5. The summed E-state index contributed by atoms with van der Waals surface area (Å²) in [4.78, 5) is 9.38. The second-order valence-corrected chi connectivity index (χ2v) is 8.90. The van der Waals surface area contributed by atoms with Crippen LogP contribution >= 0.6 is 0 Å². The lowest BCUT2D eigenvalue weighted by Gasteiger charge is -2.35. The fourth-order valence-electron chi connectivity index (χ4n) is 4.52. The number of allylic oxidation sites excluding steroid dienone is 1. The molecule has 1 N–H and O–H groups in total. The Bertz CT molecular complexity index is 1110. The monoisotopic (exact) mass is 434 g/mol. The van der Waals surface area contributed by atoms with E-state index in [1.165, 1.54) is 35.9 Å². The summed E-state index contributed by atoms with van der Waals surface area (Å²) in [5.41, 5.74) is 5.09. The molecule has 1 aliphatic carbocycles. The summed E-state index contributed by atoms with van der Waals surface area (Å²) in [6.07, 6.45) is 9.49. The van der Waals surface area contributed by atoms with Gasteiger partial charge >= 0.3 is 0 Å². The Labute approximate surface area is 188 Å². The first-order valence-corrected chi connectivity index (χ1v) is 11.6. The molecule has 0 unspecified atom stereocenters. The molecule has 1 saturated heterocycles. The van der Waals surface area contributed by atoms with E-state index in [1.54, 1.807) is 0 Å². The van der Waals surface area contributed by atoms with E-state index < -0.39 is 0 Å². The first kappa shape index (κ1) is 21.1. The number of anilines is 1. The number of nitrogens with zero attached hydrogens (tertiary/aromatic N) is 5. The Hall–Kier alpha value is -2.77. The molecule has 2 fully saturated rings. The zero-order chi connectivity index (χ0) is 21.9. The number of benzene rings is 1. The fourth-order valence-corrected chi connectivity index (χ4v) is 4.52. The lowest BCUT2D eigenvalue weighted by molar-refractivity contribution is 0.133. The van der Waals surface area contributed by atoms with E-state index in [0.29, 0.717) is 6.54 Å². The number of fused-ring (bicyclic) bond motifs is 1. The molecule has 7 heteroatoms. The van der Waals surface area contributed by atoms with Crippen LogP contribution in [0.4, 0.5) is 10.2 Å². The number of halogens is 1. The predicted octanol–water partition coefficient (Wildman–Crippen LogP) is 4.07. The van der Waals surface area contributed by atoms with Crippen LogP contribution in [0.25, 0.3) is 21.9 Å². The van der Waals surface area contributed by atoms with Crippen LogP contribution in [-0.4, -0.2) is 70.5 Å². The molecule has 1 saturated carbocycles. The van der Waals surface area contributed by atoms with Gasteiger partial charge in [0.15, 0.2) is 0 Å². The van der Waals surface area contributed by atoms with Crippen molar-refractivity contribution in [2.75, 3.05) is 51.3 Å². The van der Waals surface area contributed by atoms with Crippen LogP contribution in [0.3, 0.4) is 0 Å². The Balaban J connectivity index is 1.33. The van der Waals surface area contributed by atoms with Crippen molar-refractivity contribution < 1.29 is 4.39 Å². The maximum absolute atomic E-state index is 12.6. The number of aromatic nitrogens is 3. The minimum Gasteiger partial charge on any atom is -0.343 e. The van der Waals surface area contributed by atoms with Crippen LogP contribution in [0.2, 0.25) is 0 Å². The molecule has 3 aromatic rings. The van der Waals surface area contributed by atoms with Gasteiger partial charge in [-0.15, -0.1) is 0 Å². The third-order valence-corrected chi connectivity index (χ3v) is 6.67. The maximum atomic E-state index is 12.6. The lowest BCUT2D eigenvalue weighted by atomic mass is 9.90. The first-order valence-electron chi connectivity index (χ1n) is 11.6. The van der Waals surface area contributed by atoms with Crippen LogP contribution in [0.5, 0.6) is 0 Å². The molecule has 168 valence electrons. The van der Waals surface area contributed by atoms with Gasteiger partial charge in [-0.25, -0.2) is 9.37 Å². The van der Waals surface area contributed by atoms with Gasteiger partial charge in [0, 0.05) is 75.4 Å². The molecule has 3 heterocycles. The molecular weight excluding hydrogens is 403 g/mol. The second kappa shape index (κ2) is 9.38. The minimum atomic E-state index is -0.257. The average Bonchev–Trinajstić information content (AvgIpc) is 3.20. The van der Waals surface area contributed by atoms with Crippen molar-refractivity contribution in [2.45, 2.75) is 19.3 Å². The van der Waals surface area contributed by atoms with Gasteiger partial charge < -0.3 is 5.32 Å². The number of piperazine rings is 1. The van der Waals surface area contributed by atoms with Crippen molar-refractivity contribution in [3.63, 3.8) is 0 Å². The van der Waals surface area contributed by atoms with Crippen LogP contribution in [-0.2, 0) is 7.05 Å². The van der Waals surface area contributed by atoms with Crippen LogP contribution in [0.15, 0.2) is 54.1 Å². The van der Waals surface area contributed by atoms with Crippen molar-refractivity contribution in [2.24, 2.45) is 7.05 Å². The first-order chi connectivity index (χ1) is 15.7. The van der Waals surface area contributed by atoms with Crippen LogP contribution in [0, 0.1) is 0 Å². The molecule has 32 heavy (non-hydrogen) atoms. The molecule has 0 atom stereocenters. The van der Waals surface area contributed by atoms with E-state index in [2.05, 4.69) is 44.5 Å². The van der Waals surface area contributed by atoms with Crippen LogP contribution < -0.4 is 5.32 Å². The summed E-state index contributed by atoms with van der Waals surface area (Å²) in [7, 11) is 1.94. The van der Waals surface area contributed by atoms with Gasteiger partial charge in [-0.2, -0.15) is 5.10 Å². The quantitative estimate of drug-likeness (QED) is 0.607. The number of pyridine rings is 1. The van der Waals surface area contributed by atoms with Gasteiger partial charge in [-0.05, 0) is 47.9 Å². The van der Waals surface area contributed by atoms with E-state index >= 15 is 0 Å². The third kappa shape index (κ3) is 4.69. The molecule has 0 radical (unpaired) electrons. The molecule has 0 bridgehead atoms. The van der Waals surface area contributed by atoms with Crippen molar-refractivity contribution in [1.29, 1.82) is 0 Å². The van der Waals surface area contributed by atoms with Gasteiger partial charge in [0.1, 0.15) is 12.5 Å². The normalized spacial score (nSPS) is 17.5. The smallest absolute Gasteiger partial charge is 0.130 e. The molecule has 0 amide bonds. The summed E-state index contributed by atoms with van der Waals surface area (Å²) in [6.45, 7) is 5.06. The Kier molecular flexibility index (Phi) is 6.19. The SMILES string of the molecule is Cn1cc(-c2ccc3cnc(NC(CN4CCN(CCF)CC4)=C4CCC4)cc3c2)cn1. The highest BCUT2D eigenvalue weighted by atomic mass is 19.1. The van der Waals surface area contributed by atoms with Crippen molar-refractivity contribution in [1.82, 2.24) is 24.6 Å². The van der Waals surface area contributed by atoms with E-state index in [-0.39, 0.29) is 6.67 Å². The van der Waals surface area contributed by atoms with Crippen LogP contribution in [0.1, 0.15) is 19.3 Å². The molecular formula is C25H31FN6. The van der Waals surface area contributed by atoms with Crippen molar-refractivity contribution >= 4 is 16.6 Å². The van der Waals surface area contributed by atoms with E-state index in [4.69, 9.17) is 4.98 Å². The maximum Gasteiger partial charge on any atom is 0.130 e. The van der Waals surface area contributed by atoms with E-state index in [9.17, 15) is 4.39 Å². The van der Waals surface area contributed by atoms with Crippen molar-refractivity contribution in [3.8, 4) is 11.1 Å². The zero-order valence-corrected chi connectivity index (χ0v) is 18.7. The molecule has 1 aliphatic heterocycles. The topological polar surface area (TPSA) is 49.2 Å². The fraction of sp³-hybridized carbons (Fsp3) is 0.440. The Morgan fingerprint density at radius 3 is 2.50 bits per heavy atom. The predicted molar refractivity (Wildman–Crippen MR) is 127 cm³/mol. The second-order valence-electron chi connectivity index (χ2n) is 8.90.